The Bertz CT molecular complexity index is 185. The number of carboxylic acids is 1. The Morgan fingerprint density at radius 2 is 1.90 bits per heavy atom. The third-order valence-corrected chi connectivity index (χ3v) is 1.75. The van der Waals surface area contributed by atoms with E-state index in [4.69, 9.17) is 5.11 Å². The molecule has 56 valence electrons. The molecule has 0 aliphatic heterocycles. The summed E-state index contributed by atoms with van der Waals surface area (Å²) in [6.07, 6.45) is 0. The Morgan fingerprint density at radius 1 is 1.50 bits per heavy atom. The van der Waals surface area contributed by atoms with Crippen LogP contribution in [0.4, 0.5) is 0 Å². The molecule has 0 saturated heterocycles. The van der Waals surface area contributed by atoms with Crippen molar-refractivity contribution in [2.75, 3.05) is 0 Å². The maximum atomic E-state index is 10.5. The minimum absolute atomic E-state index is 0.0208. The van der Waals surface area contributed by atoms with Crippen LogP contribution in [-0.2, 0) is 9.59 Å². The second-order valence-electron chi connectivity index (χ2n) is 1.98. The van der Waals surface area contributed by atoms with Gasteiger partial charge >= 0.3 is 5.97 Å². The van der Waals surface area contributed by atoms with Crippen molar-refractivity contribution in [3.63, 3.8) is 0 Å². The zero-order valence-corrected chi connectivity index (χ0v) is 6.57. The van der Waals surface area contributed by atoms with Crippen molar-refractivity contribution in [3.8, 4) is 0 Å². The first-order chi connectivity index (χ1) is 4.46. The van der Waals surface area contributed by atoms with E-state index in [1.54, 1.807) is 0 Å². The molecule has 0 fully saturated rings. The van der Waals surface area contributed by atoms with Crippen LogP contribution in [0, 0.1) is 5.92 Å². The smallest absolute Gasteiger partial charge is 0.311 e. The van der Waals surface area contributed by atoms with Gasteiger partial charge in [-0.1, -0.05) is 12.2 Å². The minimum Gasteiger partial charge on any atom is -0.481 e. The fourth-order valence-corrected chi connectivity index (χ4v) is 0.518. The second-order valence-corrected chi connectivity index (χ2v) is 2.42. The molecule has 0 bridgehead atoms. The van der Waals surface area contributed by atoms with Crippen LogP contribution in [-0.4, -0.2) is 21.7 Å². The number of hydrogen-bond acceptors (Lipinski definition) is 3. The van der Waals surface area contributed by atoms with Gasteiger partial charge in [0.25, 0.3) is 0 Å². The number of rotatable bonds is 3. The van der Waals surface area contributed by atoms with E-state index in [9.17, 15) is 9.59 Å². The van der Waals surface area contributed by atoms with E-state index in [0.29, 0.717) is 0 Å². The van der Waals surface area contributed by atoms with Crippen molar-refractivity contribution in [2.45, 2.75) is 13.8 Å². The van der Waals surface area contributed by atoms with Gasteiger partial charge in [-0.15, -0.1) is 0 Å². The molecular formula is C6H8O3S. The molecular weight excluding hydrogens is 152 g/mol. The molecule has 0 aromatic carbocycles. The molecule has 0 radical (unpaired) electrons. The van der Waals surface area contributed by atoms with Crippen molar-refractivity contribution in [1.82, 2.24) is 0 Å². The molecule has 0 rings (SSSR count). The molecule has 0 saturated carbocycles. The van der Waals surface area contributed by atoms with Gasteiger partial charge in [0.05, 0.1) is 10.8 Å². The Hall–Kier alpha value is -0.770. The van der Waals surface area contributed by atoms with Gasteiger partial charge < -0.3 is 5.11 Å². The molecule has 3 nitrogen and oxygen atoms in total. The Balaban J connectivity index is 4.22. The van der Waals surface area contributed by atoms with Crippen LogP contribution in [0.15, 0.2) is 0 Å². The lowest BCUT2D eigenvalue weighted by molar-refractivity contribution is -0.139. The summed E-state index contributed by atoms with van der Waals surface area (Å²) in [5, 5.41) is 8.36. The van der Waals surface area contributed by atoms with Crippen molar-refractivity contribution in [3.05, 3.63) is 0 Å². The van der Waals surface area contributed by atoms with E-state index in [2.05, 4.69) is 12.2 Å². The average molecular weight is 160 g/mol. The van der Waals surface area contributed by atoms with Crippen LogP contribution >= 0.6 is 12.2 Å². The monoisotopic (exact) mass is 160 g/mol. The molecule has 4 heteroatoms. The predicted molar refractivity (Wildman–Crippen MR) is 40.1 cm³/mol. The van der Waals surface area contributed by atoms with Crippen LogP contribution in [0.25, 0.3) is 0 Å². The summed E-state index contributed by atoms with van der Waals surface area (Å²) in [6, 6.07) is 0. The lowest BCUT2D eigenvalue weighted by Crippen LogP contribution is -2.24. The molecule has 0 amide bonds. The first kappa shape index (κ1) is 9.23. The van der Waals surface area contributed by atoms with Crippen molar-refractivity contribution in [1.29, 1.82) is 0 Å². The van der Waals surface area contributed by atoms with Gasteiger partial charge in [0, 0.05) is 0 Å². The van der Waals surface area contributed by atoms with Gasteiger partial charge in [0.2, 0.25) is 0 Å². The van der Waals surface area contributed by atoms with Crippen LogP contribution < -0.4 is 0 Å². The fraction of sp³-hybridized carbons (Fsp3) is 0.500. The maximum Gasteiger partial charge on any atom is 0.311 e. The lowest BCUT2D eigenvalue weighted by Gasteiger charge is -2.02. The quantitative estimate of drug-likeness (QED) is 0.616. The van der Waals surface area contributed by atoms with Crippen molar-refractivity contribution < 1.29 is 14.7 Å². The van der Waals surface area contributed by atoms with E-state index < -0.39 is 11.9 Å². The number of carbonyl (C=O) groups is 2. The number of hydrogen-bond donors (Lipinski definition) is 1. The van der Waals surface area contributed by atoms with Gasteiger partial charge in [0.15, 0.2) is 5.78 Å². The van der Waals surface area contributed by atoms with E-state index >= 15 is 0 Å². The Kier molecular flexibility index (Phi) is 3.15. The molecule has 1 atom stereocenters. The zero-order chi connectivity index (χ0) is 8.31. The third kappa shape index (κ3) is 2.23. The molecule has 1 N–H and O–H groups in total. The van der Waals surface area contributed by atoms with Crippen LogP contribution in [0.3, 0.4) is 0 Å². The molecule has 0 aromatic rings. The van der Waals surface area contributed by atoms with Crippen LogP contribution in [0.2, 0.25) is 0 Å². The molecule has 0 aromatic heterocycles. The maximum absolute atomic E-state index is 10.5. The largest absolute Gasteiger partial charge is 0.481 e. The number of ketones is 1. The zero-order valence-electron chi connectivity index (χ0n) is 5.75. The van der Waals surface area contributed by atoms with Gasteiger partial charge in [-0.3, -0.25) is 9.59 Å². The summed E-state index contributed by atoms with van der Waals surface area (Å²) in [7, 11) is 0. The predicted octanol–water partition coefficient (Wildman–Crippen LogP) is 0.666. The normalized spacial score (nSPS) is 12.2. The number of aliphatic carboxylic acids is 1. The molecule has 0 heterocycles. The summed E-state index contributed by atoms with van der Waals surface area (Å²) in [4.78, 5) is 20.7. The average Bonchev–Trinajstić information content (AvgIpc) is 1.84. The minimum atomic E-state index is -1.06. The van der Waals surface area contributed by atoms with Crippen LogP contribution in [0.1, 0.15) is 13.8 Å². The highest BCUT2D eigenvalue weighted by molar-refractivity contribution is 7.82. The topological polar surface area (TPSA) is 54.4 Å². The third-order valence-electron chi connectivity index (χ3n) is 1.11. The summed E-state index contributed by atoms with van der Waals surface area (Å²) in [6.45, 7) is 2.66. The summed E-state index contributed by atoms with van der Waals surface area (Å²) < 4.78 is 0. The number of thiocarbonyl (C=S) groups is 1. The van der Waals surface area contributed by atoms with E-state index in [1.807, 2.05) is 0 Å². The van der Waals surface area contributed by atoms with Gasteiger partial charge in [-0.25, -0.2) is 0 Å². The first-order valence-electron chi connectivity index (χ1n) is 2.74. The van der Waals surface area contributed by atoms with Gasteiger partial charge in [-0.2, -0.15) is 0 Å². The number of Topliss-reactive ketones (excluding diaryl/α,β-unsaturated/α-hetero) is 1. The summed E-state index contributed by atoms with van der Waals surface area (Å²) in [5.41, 5.74) is 0. The van der Waals surface area contributed by atoms with Crippen LogP contribution in [0.5, 0.6) is 0 Å². The molecule has 0 aliphatic carbocycles. The summed E-state index contributed by atoms with van der Waals surface area (Å²) >= 11 is 4.55. The standard InChI is InChI=1S/C6H8O3S/c1-3(6(8)9)5(10)4(2)7/h3H,1-2H3,(H,8,9). The first-order valence-corrected chi connectivity index (χ1v) is 3.15. The lowest BCUT2D eigenvalue weighted by atomic mass is 10.1. The number of carboxylic acid groups (broad SMARTS) is 1. The highest BCUT2D eigenvalue weighted by atomic mass is 32.1. The molecule has 1 unspecified atom stereocenters. The SMILES string of the molecule is CC(=O)C(=S)C(C)C(=O)O. The van der Waals surface area contributed by atoms with E-state index in [1.165, 1.54) is 13.8 Å². The fourth-order valence-electron chi connectivity index (χ4n) is 0.417. The Morgan fingerprint density at radius 3 is 2.00 bits per heavy atom. The van der Waals surface area contributed by atoms with Crippen molar-refractivity contribution in [2.24, 2.45) is 5.92 Å². The van der Waals surface area contributed by atoms with Crippen molar-refractivity contribution >= 4 is 28.8 Å². The van der Waals surface area contributed by atoms with Gasteiger partial charge in [-0.05, 0) is 13.8 Å². The van der Waals surface area contributed by atoms with E-state index in [0.717, 1.165) is 0 Å². The molecule has 0 aliphatic rings. The number of carbonyl (C=O) groups excluding carboxylic acids is 1. The molecule has 10 heavy (non-hydrogen) atoms. The second kappa shape index (κ2) is 3.41. The summed E-state index contributed by atoms with van der Waals surface area (Å²) in [5.74, 6) is -2.24. The highest BCUT2D eigenvalue weighted by Crippen LogP contribution is 1.99. The van der Waals surface area contributed by atoms with Gasteiger partial charge in [0.1, 0.15) is 0 Å². The molecule has 0 spiro atoms. The van der Waals surface area contributed by atoms with E-state index in [-0.39, 0.29) is 10.6 Å². The Labute approximate surface area is 64.0 Å². The highest BCUT2D eigenvalue weighted by Gasteiger charge is 2.19.